The van der Waals surface area contributed by atoms with Gasteiger partial charge in [0.2, 0.25) is 5.91 Å². The van der Waals surface area contributed by atoms with Gasteiger partial charge in [0.05, 0.1) is 37.2 Å². The van der Waals surface area contributed by atoms with Gasteiger partial charge in [-0.15, -0.1) is 0 Å². The summed E-state index contributed by atoms with van der Waals surface area (Å²) in [4.78, 5) is 17.7. The molecule has 0 aliphatic carbocycles. The lowest BCUT2D eigenvalue weighted by atomic mass is 10.0. The van der Waals surface area contributed by atoms with E-state index in [9.17, 15) is 4.79 Å². The third-order valence-corrected chi connectivity index (χ3v) is 6.55. The van der Waals surface area contributed by atoms with Crippen LogP contribution in [0.1, 0.15) is 62.5 Å². The molecule has 37 heavy (non-hydrogen) atoms. The van der Waals surface area contributed by atoms with Gasteiger partial charge in [0.25, 0.3) is 0 Å². The molecule has 0 saturated carbocycles. The van der Waals surface area contributed by atoms with Crippen molar-refractivity contribution in [1.29, 1.82) is 0 Å². The molecular weight excluding hydrogens is 462 g/mol. The molecule has 0 spiro atoms. The maximum absolute atomic E-state index is 12.8. The fourth-order valence-electron chi connectivity index (χ4n) is 4.59. The van der Waals surface area contributed by atoms with Crippen LogP contribution < -0.4 is 14.8 Å². The number of carbonyl (C=O) groups excluding carboxylic acids is 1. The van der Waals surface area contributed by atoms with E-state index in [1.54, 1.807) is 7.11 Å². The molecule has 1 heterocycles. The van der Waals surface area contributed by atoms with Crippen molar-refractivity contribution in [3.8, 4) is 11.5 Å². The van der Waals surface area contributed by atoms with Crippen LogP contribution in [0.15, 0.2) is 72.8 Å². The summed E-state index contributed by atoms with van der Waals surface area (Å²) >= 11 is 0. The fourth-order valence-corrected chi connectivity index (χ4v) is 4.59. The SMILES string of the molecule is COc1ccc(CC(=O)NC(C)c2nc3ccccc3n2CCCCOc2ccccc2C(C)C)cc1. The van der Waals surface area contributed by atoms with E-state index in [1.165, 1.54) is 5.56 Å². The van der Waals surface area contributed by atoms with Crippen LogP contribution in [0.3, 0.4) is 0 Å². The number of rotatable bonds is 12. The Kier molecular flexibility index (Phi) is 8.83. The van der Waals surface area contributed by atoms with Crippen molar-refractivity contribution in [1.82, 2.24) is 14.9 Å². The van der Waals surface area contributed by atoms with Gasteiger partial charge in [-0.2, -0.15) is 0 Å². The Hall–Kier alpha value is -3.80. The lowest BCUT2D eigenvalue weighted by Crippen LogP contribution is -2.30. The van der Waals surface area contributed by atoms with Crippen molar-refractivity contribution < 1.29 is 14.3 Å². The summed E-state index contributed by atoms with van der Waals surface area (Å²) in [5.74, 6) is 3.02. The molecule has 0 aliphatic rings. The van der Waals surface area contributed by atoms with E-state index in [0.717, 1.165) is 53.3 Å². The summed E-state index contributed by atoms with van der Waals surface area (Å²) in [6.07, 6.45) is 2.18. The number of benzene rings is 3. The lowest BCUT2D eigenvalue weighted by Gasteiger charge is -2.17. The normalized spacial score (nSPS) is 12.0. The van der Waals surface area contributed by atoms with Crippen LogP contribution in [-0.4, -0.2) is 29.2 Å². The minimum absolute atomic E-state index is 0.0338. The van der Waals surface area contributed by atoms with Crippen LogP contribution in [0, 0.1) is 0 Å². The van der Waals surface area contributed by atoms with Gasteiger partial charge in [0.1, 0.15) is 17.3 Å². The molecule has 4 rings (SSSR count). The number of carbonyl (C=O) groups is 1. The summed E-state index contributed by atoms with van der Waals surface area (Å²) in [6, 6.07) is 23.8. The Balaban J connectivity index is 1.38. The molecule has 1 amide bonds. The number of unbranched alkanes of at least 4 members (excludes halogenated alkanes) is 1. The number of aryl methyl sites for hydroxylation is 1. The van der Waals surface area contributed by atoms with Crippen LogP contribution in [0.25, 0.3) is 11.0 Å². The van der Waals surface area contributed by atoms with Crippen LogP contribution >= 0.6 is 0 Å². The minimum Gasteiger partial charge on any atom is -0.497 e. The molecule has 4 aromatic rings. The minimum atomic E-state index is -0.215. The van der Waals surface area contributed by atoms with E-state index in [1.807, 2.05) is 61.5 Å². The molecule has 1 N–H and O–H groups in total. The van der Waals surface area contributed by atoms with Gasteiger partial charge in [0, 0.05) is 6.54 Å². The first-order chi connectivity index (χ1) is 18.0. The molecule has 0 fully saturated rings. The zero-order chi connectivity index (χ0) is 26.2. The van der Waals surface area contributed by atoms with Crippen molar-refractivity contribution in [3.63, 3.8) is 0 Å². The standard InChI is InChI=1S/C31H37N3O3/c1-22(2)26-11-5-8-14-29(26)37-20-10-9-19-34-28-13-7-6-12-27(28)33-31(34)23(3)32-30(35)21-24-15-17-25(36-4)18-16-24/h5-8,11-18,22-23H,9-10,19-21H2,1-4H3,(H,32,35). The molecule has 0 radical (unpaired) electrons. The highest BCUT2D eigenvalue weighted by atomic mass is 16.5. The van der Waals surface area contributed by atoms with Gasteiger partial charge >= 0.3 is 0 Å². The number of methoxy groups -OCH3 is 1. The van der Waals surface area contributed by atoms with E-state index < -0.39 is 0 Å². The van der Waals surface area contributed by atoms with E-state index in [2.05, 4.69) is 41.9 Å². The van der Waals surface area contributed by atoms with Crippen molar-refractivity contribution in [2.45, 2.75) is 58.5 Å². The maximum Gasteiger partial charge on any atom is 0.224 e. The van der Waals surface area contributed by atoms with Crippen molar-refractivity contribution in [3.05, 3.63) is 89.7 Å². The van der Waals surface area contributed by atoms with E-state index >= 15 is 0 Å². The molecule has 0 saturated heterocycles. The first-order valence-electron chi connectivity index (χ1n) is 13.1. The Morgan fingerprint density at radius 1 is 0.946 bits per heavy atom. The number of hydrogen-bond acceptors (Lipinski definition) is 4. The molecule has 1 unspecified atom stereocenters. The molecule has 194 valence electrons. The molecule has 6 nitrogen and oxygen atoms in total. The third kappa shape index (κ3) is 6.70. The first kappa shape index (κ1) is 26.3. The summed E-state index contributed by atoms with van der Waals surface area (Å²) in [5, 5.41) is 3.14. The molecule has 6 heteroatoms. The zero-order valence-electron chi connectivity index (χ0n) is 22.2. The van der Waals surface area contributed by atoms with Crippen LogP contribution in [-0.2, 0) is 17.8 Å². The number of nitrogens with zero attached hydrogens (tertiary/aromatic N) is 2. The van der Waals surface area contributed by atoms with Crippen LogP contribution in [0.5, 0.6) is 11.5 Å². The number of fused-ring (bicyclic) bond motifs is 1. The van der Waals surface area contributed by atoms with Gasteiger partial charge in [-0.1, -0.05) is 56.3 Å². The summed E-state index contributed by atoms with van der Waals surface area (Å²) < 4.78 is 13.6. The molecule has 1 aromatic heterocycles. The number of aromatic nitrogens is 2. The van der Waals surface area contributed by atoms with Gasteiger partial charge in [-0.05, 0) is 67.1 Å². The van der Waals surface area contributed by atoms with Crippen LogP contribution in [0.4, 0.5) is 0 Å². The predicted octanol–water partition coefficient (Wildman–Crippen LogP) is 6.45. The maximum atomic E-state index is 12.8. The van der Waals surface area contributed by atoms with Gasteiger partial charge in [0.15, 0.2) is 0 Å². The summed E-state index contributed by atoms with van der Waals surface area (Å²) in [5.41, 5.74) is 4.21. The average Bonchev–Trinajstić information content (AvgIpc) is 3.28. The highest BCUT2D eigenvalue weighted by Crippen LogP contribution is 2.26. The lowest BCUT2D eigenvalue weighted by molar-refractivity contribution is -0.121. The number of imidazole rings is 1. The van der Waals surface area contributed by atoms with Crippen molar-refractivity contribution in [2.24, 2.45) is 0 Å². The molecule has 1 atom stereocenters. The number of ether oxygens (including phenoxy) is 2. The van der Waals surface area contributed by atoms with Gasteiger partial charge in [-0.3, -0.25) is 4.79 Å². The van der Waals surface area contributed by atoms with Crippen molar-refractivity contribution in [2.75, 3.05) is 13.7 Å². The van der Waals surface area contributed by atoms with Crippen molar-refractivity contribution >= 4 is 16.9 Å². The van der Waals surface area contributed by atoms with Crippen LogP contribution in [0.2, 0.25) is 0 Å². The molecule has 0 aliphatic heterocycles. The van der Waals surface area contributed by atoms with E-state index in [-0.39, 0.29) is 11.9 Å². The average molecular weight is 500 g/mol. The highest BCUT2D eigenvalue weighted by molar-refractivity contribution is 5.79. The smallest absolute Gasteiger partial charge is 0.224 e. The number of para-hydroxylation sites is 3. The number of hydrogen-bond donors (Lipinski definition) is 1. The van der Waals surface area contributed by atoms with E-state index in [4.69, 9.17) is 14.5 Å². The number of amides is 1. The Morgan fingerprint density at radius 2 is 1.68 bits per heavy atom. The van der Waals surface area contributed by atoms with Gasteiger partial charge < -0.3 is 19.4 Å². The fraction of sp³-hybridized carbons (Fsp3) is 0.355. The molecule has 3 aromatic carbocycles. The molecular formula is C31H37N3O3. The second-order valence-electron chi connectivity index (χ2n) is 9.67. The number of nitrogens with one attached hydrogen (secondary N) is 1. The Bertz CT molecular complexity index is 1310. The predicted molar refractivity (Wildman–Crippen MR) is 148 cm³/mol. The summed E-state index contributed by atoms with van der Waals surface area (Å²) in [6.45, 7) is 7.84. The molecule has 0 bridgehead atoms. The largest absolute Gasteiger partial charge is 0.497 e. The zero-order valence-corrected chi connectivity index (χ0v) is 22.2. The Morgan fingerprint density at radius 3 is 2.43 bits per heavy atom. The third-order valence-electron chi connectivity index (χ3n) is 6.55. The monoisotopic (exact) mass is 499 g/mol. The second-order valence-corrected chi connectivity index (χ2v) is 9.67. The quantitative estimate of drug-likeness (QED) is 0.228. The first-order valence-corrected chi connectivity index (χ1v) is 13.1. The van der Waals surface area contributed by atoms with Gasteiger partial charge in [-0.25, -0.2) is 4.98 Å². The highest BCUT2D eigenvalue weighted by Gasteiger charge is 2.18. The topological polar surface area (TPSA) is 65.4 Å². The second kappa shape index (κ2) is 12.4. The Labute approximate surface area is 219 Å². The summed E-state index contributed by atoms with van der Waals surface area (Å²) in [7, 11) is 1.63. The van der Waals surface area contributed by atoms with E-state index in [0.29, 0.717) is 18.9 Å².